The van der Waals surface area contributed by atoms with Crippen LogP contribution in [-0.4, -0.2) is 47.1 Å². The Balaban J connectivity index is 1.94. The number of carboxylic acid groups (broad SMARTS) is 1. The van der Waals surface area contributed by atoms with Crippen molar-refractivity contribution in [3.63, 3.8) is 0 Å². The van der Waals surface area contributed by atoms with Crippen molar-refractivity contribution in [2.24, 2.45) is 5.92 Å². The molecule has 1 saturated heterocycles. The minimum Gasteiger partial charge on any atom is -0.478 e. The molecule has 0 amide bonds. The van der Waals surface area contributed by atoms with Gasteiger partial charge in [-0.05, 0) is 57.5 Å². The number of hydrogen-bond acceptors (Lipinski definition) is 4. The number of aryl methyl sites for hydroxylation is 1. The van der Waals surface area contributed by atoms with Crippen LogP contribution in [0.4, 0.5) is 5.82 Å². The SMILES string of the molecule is CCN1CCC(CNc2nc(C)ccc2C(=O)O)CC1. The van der Waals surface area contributed by atoms with Crippen molar-refractivity contribution in [2.75, 3.05) is 31.5 Å². The average Bonchev–Trinajstić information content (AvgIpc) is 2.45. The molecule has 2 N–H and O–H groups in total. The summed E-state index contributed by atoms with van der Waals surface area (Å²) in [6, 6.07) is 3.35. The number of nitrogens with zero attached hydrogens (tertiary/aromatic N) is 2. The fourth-order valence-electron chi connectivity index (χ4n) is 2.61. The van der Waals surface area contributed by atoms with Gasteiger partial charge in [0.2, 0.25) is 0 Å². The summed E-state index contributed by atoms with van der Waals surface area (Å²) in [5.74, 6) is 0.165. The fraction of sp³-hybridized carbons (Fsp3) is 0.600. The minimum atomic E-state index is -0.930. The Morgan fingerprint density at radius 2 is 2.15 bits per heavy atom. The highest BCUT2D eigenvalue weighted by atomic mass is 16.4. The lowest BCUT2D eigenvalue weighted by atomic mass is 9.97. The molecule has 2 rings (SSSR count). The van der Waals surface area contributed by atoms with Gasteiger partial charge in [0.1, 0.15) is 11.4 Å². The van der Waals surface area contributed by atoms with Crippen molar-refractivity contribution in [2.45, 2.75) is 26.7 Å². The molecule has 0 saturated carbocycles. The number of hydrogen-bond donors (Lipinski definition) is 2. The van der Waals surface area contributed by atoms with Gasteiger partial charge in [-0.3, -0.25) is 0 Å². The molecule has 0 unspecified atom stereocenters. The molecular formula is C15H23N3O2. The van der Waals surface area contributed by atoms with E-state index in [1.165, 1.54) is 0 Å². The maximum Gasteiger partial charge on any atom is 0.339 e. The third-order valence-corrected chi connectivity index (χ3v) is 3.98. The van der Waals surface area contributed by atoms with Gasteiger partial charge in [-0.1, -0.05) is 6.92 Å². The molecule has 5 nitrogen and oxygen atoms in total. The third-order valence-electron chi connectivity index (χ3n) is 3.98. The van der Waals surface area contributed by atoms with Crippen LogP contribution in [-0.2, 0) is 0 Å². The van der Waals surface area contributed by atoms with E-state index in [2.05, 4.69) is 22.1 Å². The van der Waals surface area contributed by atoms with Gasteiger partial charge in [-0.25, -0.2) is 9.78 Å². The summed E-state index contributed by atoms with van der Waals surface area (Å²) in [5, 5.41) is 12.4. The second-order valence-corrected chi connectivity index (χ2v) is 5.41. The summed E-state index contributed by atoms with van der Waals surface area (Å²) in [6.07, 6.45) is 2.32. The van der Waals surface area contributed by atoms with Crippen LogP contribution in [0.15, 0.2) is 12.1 Å². The molecule has 110 valence electrons. The van der Waals surface area contributed by atoms with Crippen molar-refractivity contribution < 1.29 is 9.90 Å². The Labute approximate surface area is 120 Å². The van der Waals surface area contributed by atoms with Crippen molar-refractivity contribution in [3.8, 4) is 0 Å². The minimum absolute atomic E-state index is 0.251. The van der Waals surface area contributed by atoms with E-state index in [9.17, 15) is 9.90 Å². The zero-order chi connectivity index (χ0) is 14.5. The molecule has 0 spiro atoms. The zero-order valence-electron chi connectivity index (χ0n) is 12.2. The lowest BCUT2D eigenvalue weighted by Gasteiger charge is -2.31. The lowest BCUT2D eigenvalue weighted by Crippen LogP contribution is -2.35. The molecule has 5 heteroatoms. The first-order valence-corrected chi connectivity index (χ1v) is 7.27. The van der Waals surface area contributed by atoms with Crippen molar-refractivity contribution in [3.05, 3.63) is 23.4 Å². The molecule has 1 aromatic rings. The number of carboxylic acids is 1. The zero-order valence-corrected chi connectivity index (χ0v) is 12.2. The van der Waals surface area contributed by atoms with E-state index in [4.69, 9.17) is 0 Å². The molecule has 1 aliphatic rings. The third kappa shape index (κ3) is 3.70. The van der Waals surface area contributed by atoms with Crippen molar-refractivity contribution in [1.29, 1.82) is 0 Å². The van der Waals surface area contributed by atoms with E-state index < -0.39 is 5.97 Å². The summed E-state index contributed by atoms with van der Waals surface area (Å²) in [4.78, 5) is 17.9. The van der Waals surface area contributed by atoms with Crippen molar-refractivity contribution >= 4 is 11.8 Å². The number of carbonyl (C=O) groups is 1. The first kappa shape index (κ1) is 14.8. The molecule has 0 bridgehead atoms. The first-order chi connectivity index (χ1) is 9.60. The van der Waals surface area contributed by atoms with E-state index in [0.29, 0.717) is 11.7 Å². The van der Waals surface area contributed by atoms with E-state index in [1.54, 1.807) is 12.1 Å². The van der Waals surface area contributed by atoms with Gasteiger partial charge >= 0.3 is 5.97 Å². The standard InChI is InChI=1S/C15H23N3O2/c1-3-18-8-6-12(7-9-18)10-16-14-13(15(19)20)5-4-11(2)17-14/h4-5,12H,3,6-10H2,1-2H3,(H,16,17)(H,19,20). The van der Waals surface area contributed by atoms with Gasteiger partial charge in [0, 0.05) is 12.2 Å². The summed E-state index contributed by atoms with van der Waals surface area (Å²) >= 11 is 0. The number of anilines is 1. The van der Waals surface area contributed by atoms with Crippen LogP contribution >= 0.6 is 0 Å². The van der Waals surface area contributed by atoms with Gasteiger partial charge < -0.3 is 15.3 Å². The predicted molar refractivity (Wildman–Crippen MR) is 79.3 cm³/mol. The van der Waals surface area contributed by atoms with Crippen LogP contribution in [0.2, 0.25) is 0 Å². The molecule has 0 aromatic carbocycles. The van der Waals surface area contributed by atoms with Crippen LogP contribution in [0.5, 0.6) is 0 Å². The number of nitrogens with one attached hydrogen (secondary N) is 1. The Bertz CT molecular complexity index is 468. The van der Waals surface area contributed by atoms with Crippen LogP contribution in [0.1, 0.15) is 35.8 Å². The van der Waals surface area contributed by atoms with Crippen molar-refractivity contribution in [1.82, 2.24) is 9.88 Å². The van der Waals surface area contributed by atoms with E-state index >= 15 is 0 Å². The Morgan fingerprint density at radius 3 is 2.75 bits per heavy atom. The van der Waals surface area contributed by atoms with E-state index in [1.807, 2.05) is 6.92 Å². The highest BCUT2D eigenvalue weighted by molar-refractivity contribution is 5.93. The molecule has 20 heavy (non-hydrogen) atoms. The van der Waals surface area contributed by atoms with Gasteiger partial charge in [0.15, 0.2) is 0 Å². The molecule has 0 aliphatic carbocycles. The second-order valence-electron chi connectivity index (χ2n) is 5.41. The Hall–Kier alpha value is -1.62. The van der Waals surface area contributed by atoms with E-state index in [-0.39, 0.29) is 5.56 Å². The van der Waals surface area contributed by atoms with E-state index in [0.717, 1.165) is 44.7 Å². The quantitative estimate of drug-likeness (QED) is 0.864. The number of aromatic carboxylic acids is 1. The predicted octanol–water partition coefficient (Wildman–Crippen LogP) is 2.23. The largest absolute Gasteiger partial charge is 0.478 e. The normalized spacial score (nSPS) is 17.1. The summed E-state index contributed by atoms with van der Waals surface area (Å²) in [5.41, 5.74) is 1.08. The second kappa shape index (κ2) is 6.70. The highest BCUT2D eigenvalue weighted by Gasteiger charge is 2.19. The number of piperidine rings is 1. The van der Waals surface area contributed by atoms with Gasteiger partial charge in [0.05, 0.1) is 0 Å². The van der Waals surface area contributed by atoms with Crippen LogP contribution < -0.4 is 5.32 Å². The molecule has 0 radical (unpaired) electrons. The number of rotatable bonds is 5. The molecule has 1 fully saturated rings. The lowest BCUT2D eigenvalue weighted by molar-refractivity contribution is 0.0697. The van der Waals surface area contributed by atoms with Gasteiger partial charge in [-0.15, -0.1) is 0 Å². The first-order valence-electron chi connectivity index (χ1n) is 7.27. The summed E-state index contributed by atoms with van der Waals surface area (Å²) in [7, 11) is 0. The Kier molecular flexibility index (Phi) is 4.95. The number of aromatic nitrogens is 1. The number of pyridine rings is 1. The smallest absolute Gasteiger partial charge is 0.339 e. The molecule has 0 atom stereocenters. The summed E-state index contributed by atoms with van der Waals surface area (Å²) < 4.78 is 0. The molecule has 1 aromatic heterocycles. The number of likely N-dealkylation sites (tertiary alicyclic amines) is 1. The van der Waals surface area contributed by atoms with Crippen LogP contribution in [0.3, 0.4) is 0 Å². The van der Waals surface area contributed by atoms with Gasteiger partial charge in [-0.2, -0.15) is 0 Å². The maximum atomic E-state index is 11.2. The van der Waals surface area contributed by atoms with Crippen LogP contribution in [0, 0.1) is 12.8 Å². The maximum absolute atomic E-state index is 11.2. The van der Waals surface area contributed by atoms with Crippen LogP contribution in [0.25, 0.3) is 0 Å². The Morgan fingerprint density at radius 1 is 1.45 bits per heavy atom. The average molecular weight is 277 g/mol. The summed E-state index contributed by atoms with van der Waals surface area (Å²) in [6.45, 7) is 8.24. The topological polar surface area (TPSA) is 65.5 Å². The van der Waals surface area contributed by atoms with Gasteiger partial charge in [0.25, 0.3) is 0 Å². The monoisotopic (exact) mass is 277 g/mol. The highest BCUT2D eigenvalue weighted by Crippen LogP contribution is 2.19. The molecule has 2 heterocycles. The molecule has 1 aliphatic heterocycles. The fourth-order valence-corrected chi connectivity index (χ4v) is 2.61. The molecular weight excluding hydrogens is 254 g/mol.